The lowest BCUT2D eigenvalue weighted by molar-refractivity contribution is 0.0625. The van der Waals surface area contributed by atoms with Gasteiger partial charge in [-0.1, -0.05) is 0 Å². The lowest BCUT2D eigenvalue weighted by atomic mass is 9.96. The second-order valence-electron chi connectivity index (χ2n) is 7.38. The fourth-order valence-corrected chi connectivity index (χ4v) is 3.33. The zero-order valence-electron chi connectivity index (χ0n) is 16.0. The van der Waals surface area contributed by atoms with Gasteiger partial charge >= 0.3 is 0 Å². The van der Waals surface area contributed by atoms with Gasteiger partial charge < -0.3 is 19.7 Å². The number of guanidine groups is 1. The Kier molecular flexibility index (Phi) is 8.33. The van der Waals surface area contributed by atoms with E-state index in [1.807, 2.05) is 0 Å². The molecule has 2 rings (SSSR count). The molecule has 140 valence electrons. The highest BCUT2D eigenvalue weighted by Crippen LogP contribution is 2.49. The zero-order valence-corrected chi connectivity index (χ0v) is 16.0. The van der Waals surface area contributed by atoms with E-state index in [2.05, 4.69) is 31.1 Å². The van der Waals surface area contributed by atoms with Gasteiger partial charge in [0.2, 0.25) is 0 Å². The van der Waals surface area contributed by atoms with Crippen molar-refractivity contribution < 1.29 is 9.47 Å². The molecule has 2 fully saturated rings. The predicted molar refractivity (Wildman–Crippen MR) is 99.5 cm³/mol. The van der Waals surface area contributed by atoms with E-state index in [0.717, 1.165) is 64.4 Å². The number of hydrogen-bond donors (Lipinski definition) is 1. The Bertz CT molecular complexity index is 377. The van der Waals surface area contributed by atoms with E-state index in [0.29, 0.717) is 5.41 Å². The molecule has 5 nitrogen and oxygen atoms in total. The number of aliphatic imine (C=N–C) groups is 1. The van der Waals surface area contributed by atoms with Crippen LogP contribution in [0, 0.1) is 11.3 Å². The van der Waals surface area contributed by atoms with Crippen molar-refractivity contribution in [2.45, 2.75) is 52.4 Å². The van der Waals surface area contributed by atoms with E-state index in [-0.39, 0.29) is 0 Å². The van der Waals surface area contributed by atoms with E-state index in [1.54, 1.807) is 0 Å². The van der Waals surface area contributed by atoms with E-state index in [4.69, 9.17) is 14.5 Å². The fraction of sp³-hybridized carbons (Fsp3) is 0.947. The van der Waals surface area contributed by atoms with Crippen LogP contribution in [0.2, 0.25) is 0 Å². The Labute approximate surface area is 148 Å². The van der Waals surface area contributed by atoms with Crippen LogP contribution in [0.3, 0.4) is 0 Å². The monoisotopic (exact) mass is 339 g/mol. The molecule has 1 aliphatic carbocycles. The molecule has 0 aromatic heterocycles. The summed E-state index contributed by atoms with van der Waals surface area (Å²) in [6.45, 7) is 10.7. The van der Waals surface area contributed by atoms with Gasteiger partial charge in [0.05, 0.1) is 0 Å². The zero-order chi connectivity index (χ0) is 17.3. The van der Waals surface area contributed by atoms with E-state index in [9.17, 15) is 0 Å². The average Bonchev–Trinajstić information content (AvgIpc) is 3.38. The lowest BCUT2D eigenvalue weighted by Crippen LogP contribution is -2.40. The van der Waals surface area contributed by atoms with Gasteiger partial charge in [-0.05, 0) is 63.7 Å². The quantitative estimate of drug-likeness (QED) is 0.378. The number of hydrogen-bond acceptors (Lipinski definition) is 3. The Morgan fingerprint density at radius 1 is 1.29 bits per heavy atom. The minimum atomic E-state index is 0.414. The molecular weight excluding hydrogens is 302 g/mol. The summed E-state index contributed by atoms with van der Waals surface area (Å²) in [6, 6.07) is 0. The van der Waals surface area contributed by atoms with Crippen molar-refractivity contribution in [1.82, 2.24) is 10.2 Å². The molecule has 1 saturated carbocycles. The molecule has 1 saturated heterocycles. The highest BCUT2D eigenvalue weighted by Gasteiger charge is 2.42. The summed E-state index contributed by atoms with van der Waals surface area (Å²) in [5.41, 5.74) is 0.414. The topological polar surface area (TPSA) is 46.1 Å². The highest BCUT2D eigenvalue weighted by atomic mass is 16.5. The maximum absolute atomic E-state index is 5.53. The molecule has 1 heterocycles. The Hall–Kier alpha value is -0.810. The van der Waals surface area contributed by atoms with E-state index < -0.39 is 0 Å². The molecule has 0 bridgehead atoms. The number of ether oxygens (including phenoxy) is 2. The second-order valence-corrected chi connectivity index (χ2v) is 7.38. The molecule has 0 atom stereocenters. The van der Waals surface area contributed by atoms with Crippen molar-refractivity contribution in [3.05, 3.63) is 0 Å². The first kappa shape index (κ1) is 19.5. The lowest BCUT2D eigenvalue weighted by Gasteiger charge is -2.27. The summed E-state index contributed by atoms with van der Waals surface area (Å²) in [4.78, 5) is 7.24. The predicted octanol–water partition coefficient (Wildman–Crippen LogP) is 2.91. The van der Waals surface area contributed by atoms with Gasteiger partial charge in [-0.2, -0.15) is 0 Å². The standard InChI is InChI=1S/C19H37N3O2/c1-4-20-18(21-16-19(9-10-19)11-15-23-5-2)22(3)12-6-17-7-13-24-14-8-17/h17H,4-16H2,1-3H3,(H,20,21). The van der Waals surface area contributed by atoms with Gasteiger partial charge in [-0.15, -0.1) is 0 Å². The van der Waals surface area contributed by atoms with Crippen molar-refractivity contribution in [3.8, 4) is 0 Å². The minimum Gasteiger partial charge on any atom is -0.382 e. The summed E-state index contributed by atoms with van der Waals surface area (Å²) in [7, 11) is 2.17. The number of nitrogens with zero attached hydrogens (tertiary/aromatic N) is 2. The molecule has 0 spiro atoms. The van der Waals surface area contributed by atoms with Gasteiger partial charge in [0, 0.05) is 53.1 Å². The van der Waals surface area contributed by atoms with Crippen molar-refractivity contribution in [2.24, 2.45) is 16.3 Å². The maximum Gasteiger partial charge on any atom is 0.193 e. The van der Waals surface area contributed by atoms with E-state index >= 15 is 0 Å². The average molecular weight is 340 g/mol. The minimum absolute atomic E-state index is 0.414. The van der Waals surface area contributed by atoms with Gasteiger partial charge in [0.25, 0.3) is 0 Å². The highest BCUT2D eigenvalue weighted by molar-refractivity contribution is 5.79. The molecule has 0 unspecified atom stereocenters. The van der Waals surface area contributed by atoms with Crippen molar-refractivity contribution in [2.75, 3.05) is 53.1 Å². The molecule has 0 aromatic rings. The Morgan fingerprint density at radius 3 is 2.67 bits per heavy atom. The van der Waals surface area contributed by atoms with Gasteiger partial charge in [0.1, 0.15) is 0 Å². The Balaban J connectivity index is 1.78. The van der Waals surface area contributed by atoms with Gasteiger partial charge in [-0.25, -0.2) is 0 Å². The van der Waals surface area contributed by atoms with Crippen LogP contribution in [0.1, 0.15) is 52.4 Å². The van der Waals surface area contributed by atoms with Crippen molar-refractivity contribution in [1.29, 1.82) is 0 Å². The summed E-state index contributed by atoms with van der Waals surface area (Å²) in [5.74, 6) is 1.87. The summed E-state index contributed by atoms with van der Waals surface area (Å²) in [5, 5.41) is 3.46. The first-order valence-electron chi connectivity index (χ1n) is 9.84. The summed E-state index contributed by atoms with van der Waals surface area (Å²) >= 11 is 0. The molecule has 1 aliphatic heterocycles. The molecule has 5 heteroatoms. The molecule has 2 aliphatic rings. The number of rotatable bonds is 10. The molecule has 24 heavy (non-hydrogen) atoms. The molecule has 1 N–H and O–H groups in total. The fourth-order valence-electron chi connectivity index (χ4n) is 3.33. The number of nitrogens with one attached hydrogen (secondary N) is 1. The van der Waals surface area contributed by atoms with Crippen LogP contribution in [0.4, 0.5) is 0 Å². The van der Waals surface area contributed by atoms with Crippen LogP contribution in [0.15, 0.2) is 4.99 Å². The Morgan fingerprint density at radius 2 is 2.04 bits per heavy atom. The van der Waals surface area contributed by atoms with Crippen molar-refractivity contribution >= 4 is 5.96 Å². The van der Waals surface area contributed by atoms with Crippen LogP contribution in [-0.4, -0.2) is 64.0 Å². The van der Waals surface area contributed by atoms with Gasteiger partial charge in [-0.3, -0.25) is 4.99 Å². The SMILES string of the molecule is CCNC(=NCC1(CCOCC)CC1)N(C)CCC1CCOCC1. The van der Waals surface area contributed by atoms with E-state index in [1.165, 1.54) is 32.1 Å². The largest absolute Gasteiger partial charge is 0.382 e. The van der Waals surface area contributed by atoms with Gasteiger partial charge in [0.15, 0.2) is 5.96 Å². The molecular formula is C19H37N3O2. The summed E-state index contributed by atoms with van der Waals surface area (Å²) < 4.78 is 11.0. The maximum atomic E-state index is 5.53. The van der Waals surface area contributed by atoms with Crippen LogP contribution in [0.25, 0.3) is 0 Å². The molecule has 0 radical (unpaired) electrons. The third-order valence-corrected chi connectivity index (χ3v) is 5.41. The smallest absolute Gasteiger partial charge is 0.193 e. The summed E-state index contributed by atoms with van der Waals surface area (Å²) in [6.07, 6.45) is 7.41. The van der Waals surface area contributed by atoms with Crippen LogP contribution in [0.5, 0.6) is 0 Å². The van der Waals surface area contributed by atoms with Crippen LogP contribution < -0.4 is 5.32 Å². The third-order valence-electron chi connectivity index (χ3n) is 5.41. The first-order chi connectivity index (χ1) is 11.7. The third kappa shape index (κ3) is 6.60. The van der Waals surface area contributed by atoms with Crippen LogP contribution in [-0.2, 0) is 9.47 Å². The van der Waals surface area contributed by atoms with Crippen LogP contribution >= 0.6 is 0 Å². The van der Waals surface area contributed by atoms with Crippen molar-refractivity contribution in [3.63, 3.8) is 0 Å². The molecule has 0 aromatic carbocycles. The first-order valence-corrected chi connectivity index (χ1v) is 9.84. The molecule has 0 amide bonds. The normalized spacial score (nSPS) is 20.9. The second kappa shape index (κ2) is 10.2.